The third-order valence-electron chi connectivity index (χ3n) is 2.76. The summed E-state index contributed by atoms with van der Waals surface area (Å²) in [6.07, 6.45) is 1.11. The largest absolute Gasteiger partial charge is 0.397 e. The molecule has 3 heteroatoms. The molecule has 1 atom stereocenters. The zero-order valence-corrected chi connectivity index (χ0v) is 10.4. The van der Waals surface area contributed by atoms with Crippen molar-refractivity contribution in [2.24, 2.45) is 0 Å². The molecule has 0 fully saturated rings. The fourth-order valence-electron chi connectivity index (χ4n) is 1.73. The van der Waals surface area contributed by atoms with Crippen molar-refractivity contribution in [3.63, 3.8) is 0 Å². The van der Waals surface area contributed by atoms with Gasteiger partial charge in [0.15, 0.2) is 0 Å². The number of rotatable bonds is 4. The van der Waals surface area contributed by atoms with Gasteiger partial charge in [-0.05, 0) is 38.5 Å². The summed E-state index contributed by atoms with van der Waals surface area (Å²) in [5.41, 5.74) is 7.80. The standard InChI is InChI=1S/C12H19ClN2/c1-4-9(3)15(5-2)12-7-6-10(13)8-11(12)14/h6-9H,4-5,14H2,1-3H3. The molecule has 1 unspecified atom stereocenters. The first-order chi connectivity index (χ1) is 7.10. The highest BCUT2D eigenvalue weighted by Gasteiger charge is 2.13. The fourth-order valence-corrected chi connectivity index (χ4v) is 1.91. The Kier molecular flexibility index (Phi) is 4.28. The SMILES string of the molecule is CCC(C)N(CC)c1ccc(Cl)cc1N. The molecule has 2 nitrogen and oxygen atoms in total. The molecule has 0 aliphatic heterocycles. The molecule has 1 rings (SSSR count). The smallest absolute Gasteiger partial charge is 0.0603 e. The Hall–Kier alpha value is -0.890. The van der Waals surface area contributed by atoms with Crippen molar-refractivity contribution in [3.8, 4) is 0 Å². The van der Waals surface area contributed by atoms with Crippen LogP contribution in [0.25, 0.3) is 0 Å². The molecule has 0 radical (unpaired) electrons. The fraction of sp³-hybridized carbons (Fsp3) is 0.500. The Bertz CT molecular complexity index is 325. The van der Waals surface area contributed by atoms with E-state index in [1.165, 1.54) is 0 Å². The first-order valence-electron chi connectivity index (χ1n) is 5.41. The average molecular weight is 227 g/mol. The first kappa shape index (κ1) is 12.2. The van der Waals surface area contributed by atoms with E-state index in [2.05, 4.69) is 25.7 Å². The van der Waals surface area contributed by atoms with Gasteiger partial charge in [0.1, 0.15) is 0 Å². The molecule has 0 saturated carbocycles. The summed E-state index contributed by atoms with van der Waals surface area (Å²) >= 11 is 5.88. The molecule has 0 bridgehead atoms. The lowest BCUT2D eigenvalue weighted by Crippen LogP contribution is -2.32. The van der Waals surface area contributed by atoms with Gasteiger partial charge in [-0.15, -0.1) is 0 Å². The van der Waals surface area contributed by atoms with Crippen molar-refractivity contribution in [1.82, 2.24) is 0 Å². The number of nitrogens with zero attached hydrogens (tertiary/aromatic N) is 1. The maximum absolute atomic E-state index is 5.96. The maximum atomic E-state index is 5.96. The van der Waals surface area contributed by atoms with E-state index in [4.69, 9.17) is 17.3 Å². The Morgan fingerprint density at radius 3 is 2.53 bits per heavy atom. The van der Waals surface area contributed by atoms with Crippen LogP contribution in [0.3, 0.4) is 0 Å². The van der Waals surface area contributed by atoms with Crippen LogP contribution < -0.4 is 10.6 Å². The molecule has 0 heterocycles. The van der Waals surface area contributed by atoms with E-state index in [1.54, 1.807) is 0 Å². The van der Waals surface area contributed by atoms with E-state index in [9.17, 15) is 0 Å². The predicted molar refractivity (Wildman–Crippen MR) is 68.6 cm³/mol. The van der Waals surface area contributed by atoms with Crippen LogP contribution in [0.15, 0.2) is 18.2 Å². The molecule has 1 aromatic rings. The summed E-state index contributed by atoms with van der Waals surface area (Å²) in [4.78, 5) is 2.30. The van der Waals surface area contributed by atoms with Gasteiger partial charge >= 0.3 is 0 Å². The zero-order valence-electron chi connectivity index (χ0n) is 9.63. The van der Waals surface area contributed by atoms with Crippen LogP contribution in [0.1, 0.15) is 27.2 Å². The molecule has 0 saturated heterocycles. The topological polar surface area (TPSA) is 29.3 Å². The predicted octanol–water partition coefficient (Wildman–Crippen LogP) is 3.55. The lowest BCUT2D eigenvalue weighted by atomic mass is 10.1. The number of anilines is 2. The van der Waals surface area contributed by atoms with Crippen molar-refractivity contribution >= 4 is 23.0 Å². The van der Waals surface area contributed by atoms with E-state index in [0.29, 0.717) is 11.1 Å². The maximum Gasteiger partial charge on any atom is 0.0603 e. The average Bonchev–Trinajstić information content (AvgIpc) is 2.21. The van der Waals surface area contributed by atoms with Crippen molar-refractivity contribution in [3.05, 3.63) is 23.2 Å². The minimum Gasteiger partial charge on any atom is -0.397 e. The van der Waals surface area contributed by atoms with Gasteiger partial charge in [0.25, 0.3) is 0 Å². The molecule has 0 aliphatic rings. The molecule has 15 heavy (non-hydrogen) atoms. The number of benzene rings is 1. The van der Waals surface area contributed by atoms with Crippen molar-refractivity contribution in [2.75, 3.05) is 17.2 Å². The highest BCUT2D eigenvalue weighted by Crippen LogP contribution is 2.28. The van der Waals surface area contributed by atoms with Gasteiger partial charge in [-0.25, -0.2) is 0 Å². The van der Waals surface area contributed by atoms with Gasteiger partial charge in [0.05, 0.1) is 11.4 Å². The summed E-state index contributed by atoms with van der Waals surface area (Å²) in [5.74, 6) is 0. The molecule has 0 amide bonds. The van der Waals surface area contributed by atoms with E-state index < -0.39 is 0 Å². The van der Waals surface area contributed by atoms with E-state index in [-0.39, 0.29) is 0 Å². The van der Waals surface area contributed by atoms with Gasteiger partial charge in [-0.3, -0.25) is 0 Å². The number of nitrogen functional groups attached to an aromatic ring is 1. The van der Waals surface area contributed by atoms with Gasteiger partial charge in [-0.1, -0.05) is 18.5 Å². The quantitative estimate of drug-likeness (QED) is 0.796. The molecule has 84 valence electrons. The highest BCUT2D eigenvalue weighted by molar-refractivity contribution is 6.31. The Balaban J connectivity index is 3.01. The lowest BCUT2D eigenvalue weighted by molar-refractivity contribution is 0.631. The third kappa shape index (κ3) is 2.78. The molecule has 1 aromatic carbocycles. The third-order valence-corrected chi connectivity index (χ3v) is 3.00. The summed E-state index contributed by atoms with van der Waals surface area (Å²) in [5, 5.41) is 0.691. The molecule has 0 aliphatic carbocycles. The highest BCUT2D eigenvalue weighted by atomic mass is 35.5. The Morgan fingerprint density at radius 1 is 1.40 bits per heavy atom. The van der Waals surface area contributed by atoms with Gasteiger partial charge in [0.2, 0.25) is 0 Å². The van der Waals surface area contributed by atoms with Crippen LogP contribution in [0, 0.1) is 0 Å². The molecular formula is C12H19ClN2. The number of halogens is 1. The van der Waals surface area contributed by atoms with Crippen LogP contribution in [-0.4, -0.2) is 12.6 Å². The number of nitrogens with two attached hydrogens (primary N) is 1. The van der Waals surface area contributed by atoms with Crippen LogP contribution in [0.4, 0.5) is 11.4 Å². The number of hydrogen-bond donors (Lipinski definition) is 1. The van der Waals surface area contributed by atoms with Crippen LogP contribution in [0.2, 0.25) is 5.02 Å². The summed E-state index contributed by atoms with van der Waals surface area (Å²) in [6.45, 7) is 7.48. The minimum absolute atomic E-state index is 0.499. The molecular weight excluding hydrogens is 208 g/mol. The zero-order chi connectivity index (χ0) is 11.4. The Morgan fingerprint density at radius 2 is 2.07 bits per heavy atom. The van der Waals surface area contributed by atoms with E-state index in [1.807, 2.05) is 18.2 Å². The lowest BCUT2D eigenvalue weighted by Gasteiger charge is -2.30. The van der Waals surface area contributed by atoms with E-state index in [0.717, 1.165) is 24.3 Å². The van der Waals surface area contributed by atoms with Crippen molar-refractivity contribution < 1.29 is 0 Å². The first-order valence-corrected chi connectivity index (χ1v) is 5.79. The Labute approximate surface area is 97.0 Å². The van der Waals surface area contributed by atoms with Crippen LogP contribution >= 0.6 is 11.6 Å². The van der Waals surface area contributed by atoms with Crippen molar-refractivity contribution in [2.45, 2.75) is 33.2 Å². The molecule has 0 aromatic heterocycles. The summed E-state index contributed by atoms with van der Waals surface area (Å²) < 4.78 is 0. The summed E-state index contributed by atoms with van der Waals surface area (Å²) in [7, 11) is 0. The van der Waals surface area contributed by atoms with Crippen LogP contribution in [-0.2, 0) is 0 Å². The van der Waals surface area contributed by atoms with Gasteiger partial charge < -0.3 is 10.6 Å². The monoisotopic (exact) mass is 226 g/mol. The van der Waals surface area contributed by atoms with Gasteiger partial charge in [0, 0.05) is 17.6 Å². The second-order valence-corrected chi connectivity index (χ2v) is 4.18. The van der Waals surface area contributed by atoms with E-state index >= 15 is 0 Å². The van der Waals surface area contributed by atoms with Gasteiger partial charge in [-0.2, -0.15) is 0 Å². The minimum atomic E-state index is 0.499. The molecule has 2 N–H and O–H groups in total. The second kappa shape index (κ2) is 5.26. The second-order valence-electron chi connectivity index (χ2n) is 3.75. The van der Waals surface area contributed by atoms with Crippen LogP contribution in [0.5, 0.6) is 0 Å². The summed E-state index contributed by atoms with van der Waals surface area (Å²) in [6, 6.07) is 6.19. The normalized spacial score (nSPS) is 12.5. The molecule has 0 spiro atoms. The number of hydrogen-bond acceptors (Lipinski definition) is 2. The van der Waals surface area contributed by atoms with Crippen molar-refractivity contribution in [1.29, 1.82) is 0 Å².